The first-order valence-corrected chi connectivity index (χ1v) is 9.44. The average Bonchev–Trinajstić information content (AvgIpc) is 3.44. The standard InChI is InChI=1S/C22H20N6O/c1-27-13-16(10-25-27)15-6-8-17(9-7-15)26-22(29)24-12-21-19-5-3-2-4-18(19)20-11-23-14-28(20)21/h2-11,13-14,21H,12H2,1H3,(H2,24,26,29). The van der Waals surface area contributed by atoms with Gasteiger partial charge < -0.3 is 15.2 Å². The molecule has 0 saturated heterocycles. The summed E-state index contributed by atoms with van der Waals surface area (Å²) < 4.78 is 3.87. The number of carbonyl (C=O) groups is 1. The van der Waals surface area contributed by atoms with Gasteiger partial charge in [0.15, 0.2) is 0 Å². The first-order valence-electron chi connectivity index (χ1n) is 9.44. The summed E-state index contributed by atoms with van der Waals surface area (Å²) in [6.45, 7) is 0.486. The molecule has 2 aromatic heterocycles. The molecule has 2 amide bonds. The minimum Gasteiger partial charge on any atom is -0.335 e. The third kappa shape index (κ3) is 3.16. The van der Waals surface area contributed by atoms with Gasteiger partial charge in [0.1, 0.15) is 0 Å². The van der Waals surface area contributed by atoms with E-state index in [1.807, 2.05) is 68.4 Å². The average molecular weight is 384 g/mol. The lowest BCUT2D eigenvalue weighted by atomic mass is 10.0. The van der Waals surface area contributed by atoms with Crippen LogP contribution in [0.4, 0.5) is 10.5 Å². The Kier molecular flexibility index (Phi) is 4.13. The fraction of sp³-hybridized carbons (Fsp3) is 0.136. The quantitative estimate of drug-likeness (QED) is 0.564. The Morgan fingerprint density at radius 2 is 1.90 bits per heavy atom. The molecule has 0 aliphatic carbocycles. The van der Waals surface area contributed by atoms with Gasteiger partial charge in [0.25, 0.3) is 0 Å². The van der Waals surface area contributed by atoms with Gasteiger partial charge >= 0.3 is 6.03 Å². The number of amides is 2. The zero-order valence-electron chi connectivity index (χ0n) is 15.9. The highest BCUT2D eigenvalue weighted by Crippen LogP contribution is 2.38. The molecule has 7 heteroatoms. The van der Waals surface area contributed by atoms with E-state index in [-0.39, 0.29) is 12.1 Å². The first-order chi connectivity index (χ1) is 14.2. The summed E-state index contributed by atoms with van der Waals surface area (Å²) >= 11 is 0. The highest BCUT2D eigenvalue weighted by Gasteiger charge is 2.28. The van der Waals surface area contributed by atoms with Crippen LogP contribution in [-0.4, -0.2) is 31.9 Å². The number of carbonyl (C=O) groups excluding carboxylic acids is 1. The maximum atomic E-state index is 12.4. The lowest BCUT2D eigenvalue weighted by Gasteiger charge is -2.16. The summed E-state index contributed by atoms with van der Waals surface area (Å²) in [6, 6.07) is 15.8. The molecular weight excluding hydrogens is 364 g/mol. The van der Waals surface area contributed by atoms with Crippen molar-refractivity contribution in [1.82, 2.24) is 24.6 Å². The van der Waals surface area contributed by atoms with E-state index in [4.69, 9.17) is 0 Å². The van der Waals surface area contributed by atoms with Gasteiger partial charge in [-0.15, -0.1) is 0 Å². The van der Waals surface area contributed by atoms with Crippen molar-refractivity contribution in [3.8, 4) is 22.4 Å². The van der Waals surface area contributed by atoms with Crippen LogP contribution in [0.1, 0.15) is 11.6 Å². The topological polar surface area (TPSA) is 76.8 Å². The number of benzene rings is 2. The number of urea groups is 1. The van der Waals surface area contributed by atoms with Crippen LogP contribution in [0.2, 0.25) is 0 Å². The Morgan fingerprint density at radius 1 is 1.07 bits per heavy atom. The lowest BCUT2D eigenvalue weighted by molar-refractivity contribution is 0.251. The van der Waals surface area contributed by atoms with E-state index in [9.17, 15) is 4.79 Å². The number of nitrogens with zero attached hydrogens (tertiary/aromatic N) is 4. The van der Waals surface area contributed by atoms with Crippen molar-refractivity contribution in [2.45, 2.75) is 6.04 Å². The second-order valence-electron chi connectivity index (χ2n) is 7.10. The molecule has 0 saturated carbocycles. The zero-order chi connectivity index (χ0) is 19.8. The van der Waals surface area contributed by atoms with Gasteiger partial charge in [-0.25, -0.2) is 9.78 Å². The van der Waals surface area contributed by atoms with Crippen LogP contribution in [0.25, 0.3) is 22.4 Å². The second-order valence-corrected chi connectivity index (χ2v) is 7.10. The fourth-order valence-corrected chi connectivity index (χ4v) is 3.82. The fourth-order valence-electron chi connectivity index (χ4n) is 3.82. The van der Waals surface area contributed by atoms with Gasteiger partial charge in [-0.1, -0.05) is 36.4 Å². The number of aromatic nitrogens is 4. The van der Waals surface area contributed by atoms with Crippen LogP contribution in [0.15, 0.2) is 73.4 Å². The molecule has 1 aliphatic rings. The monoisotopic (exact) mass is 384 g/mol. The Labute approximate surface area is 168 Å². The summed E-state index contributed by atoms with van der Waals surface area (Å²) in [5.41, 5.74) is 6.29. The number of aryl methyl sites for hydroxylation is 1. The zero-order valence-corrected chi connectivity index (χ0v) is 15.9. The van der Waals surface area contributed by atoms with Crippen molar-refractivity contribution in [2.75, 3.05) is 11.9 Å². The van der Waals surface area contributed by atoms with Crippen molar-refractivity contribution < 1.29 is 4.79 Å². The third-order valence-corrected chi connectivity index (χ3v) is 5.23. The molecule has 1 aliphatic heterocycles. The van der Waals surface area contributed by atoms with Gasteiger partial charge in [-0.2, -0.15) is 5.10 Å². The Bertz CT molecular complexity index is 1170. The van der Waals surface area contributed by atoms with E-state index in [0.717, 1.165) is 22.5 Å². The number of nitrogens with one attached hydrogen (secondary N) is 2. The predicted octanol–water partition coefficient (Wildman–Crippen LogP) is 3.68. The van der Waals surface area contributed by atoms with Gasteiger partial charge in [0.2, 0.25) is 0 Å². The SMILES string of the molecule is Cn1cc(-c2ccc(NC(=O)NCC3c4ccccc4-c4cncn43)cc2)cn1. The van der Waals surface area contributed by atoms with E-state index in [0.29, 0.717) is 6.54 Å². The Balaban J connectivity index is 1.24. The maximum Gasteiger partial charge on any atom is 0.319 e. The van der Waals surface area contributed by atoms with Crippen molar-refractivity contribution in [1.29, 1.82) is 0 Å². The van der Waals surface area contributed by atoms with Crippen LogP contribution < -0.4 is 10.6 Å². The Morgan fingerprint density at radius 3 is 2.69 bits per heavy atom. The molecule has 5 rings (SSSR count). The number of hydrogen-bond acceptors (Lipinski definition) is 3. The van der Waals surface area contributed by atoms with Gasteiger partial charge in [0, 0.05) is 36.6 Å². The molecule has 0 bridgehead atoms. The molecule has 1 unspecified atom stereocenters. The molecule has 2 aromatic carbocycles. The largest absolute Gasteiger partial charge is 0.335 e. The number of hydrogen-bond donors (Lipinski definition) is 2. The van der Waals surface area contributed by atoms with Crippen LogP contribution in [0.3, 0.4) is 0 Å². The molecule has 144 valence electrons. The molecule has 1 atom stereocenters. The molecule has 0 fully saturated rings. The summed E-state index contributed by atoms with van der Waals surface area (Å²) in [6.07, 6.45) is 7.46. The van der Waals surface area contributed by atoms with Crippen LogP contribution in [0.5, 0.6) is 0 Å². The van der Waals surface area contributed by atoms with Crippen LogP contribution >= 0.6 is 0 Å². The van der Waals surface area contributed by atoms with Crippen molar-refractivity contribution in [2.24, 2.45) is 7.05 Å². The molecule has 0 radical (unpaired) electrons. The predicted molar refractivity (Wildman–Crippen MR) is 111 cm³/mol. The van der Waals surface area contributed by atoms with E-state index in [2.05, 4.69) is 37.4 Å². The Hall–Kier alpha value is -3.87. The summed E-state index contributed by atoms with van der Waals surface area (Å²) in [4.78, 5) is 16.7. The molecule has 29 heavy (non-hydrogen) atoms. The molecule has 7 nitrogen and oxygen atoms in total. The summed E-state index contributed by atoms with van der Waals surface area (Å²) in [5, 5.41) is 10.1. The first kappa shape index (κ1) is 17.2. The minimum atomic E-state index is -0.231. The maximum absolute atomic E-state index is 12.4. The van der Waals surface area contributed by atoms with Gasteiger partial charge in [-0.3, -0.25) is 4.68 Å². The van der Waals surface area contributed by atoms with Crippen molar-refractivity contribution >= 4 is 11.7 Å². The van der Waals surface area contributed by atoms with E-state index in [1.165, 1.54) is 11.1 Å². The van der Waals surface area contributed by atoms with E-state index < -0.39 is 0 Å². The highest BCUT2D eigenvalue weighted by atomic mass is 16.2. The number of rotatable bonds is 4. The van der Waals surface area contributed by atoms with Crippen LogP contribution in [0, 0.1) is 0 Å². The van der Waals surface area contributed by atoms with Crippen molar-refractivity contribution in [3.05, 3.63) is 79.0 Å². The number of fused-ring (bicyclic) bond motifs is 3. The molecule has 3 heterocycles. The minimum absolute atomic E-state index is 0.0439. The molecular formula is C22H20N6O. The van der Waals surface area contributed by atoms with Gasteiger partial charge in [0.05, 0.1) is 30.5 Å². The van der Waals surface area contributed by atoms with E-state index in [1.54, 1.807) is 4.68 Å². The smallest absolute Gasteiger partial charge is 0.319 e. The van der Waals surface area contributed by atoms with Crippen LogP contribution in [-0.2, 0) is 7.05 Å². The lowest BCUT2D eigenvalue weighted by Crippen LogP contribution is -2.33. The summed E-state index contributed by atoms with van der Waals surface area (Å²) in [7, 11) is 1.89. The highest BCUT2D eigenvalue weighted by molar-refractivity contribution is 5.89. The normalized spacial score (nSPS) is 14.3. The molecule has 0 spiro atoms. The van der Waals surface area contributed by atoms with Crippen molar-refractivity contribution in [3.63, 3.8) is 0 Å². The third-order valence-electron chi connectivity index (χ3n) is 5.23. The number of imidazole rings is 1. The van der Waals surface area contributed by atoms with E-state index >= 15 is 0 Å². The molecule has 4 aromatic rings. The number of anilines is 1. The summed E-state index contributed by atoms with van der Waals surface area (Å²) in [5.74, 6) is 0. The molecule has 2 N–H and O–H groups in total. The van der Waals surface area contributed by atoms with Gasteiger partial charge in [-0.05, 0) is 23.3 Å². The second kappa shape index (κ2) is 6.94.